The zero-order valence-corrected chi connectivity index (χ0v) is 45.2. The Labute approximate surface area is 446 Å². The number of amides is 7. The van der Waals surface area contributed by atoms with E-state index in [4.69, 9.17) is 15.6 Å². The lowest BCUT2D eigenvalue weighted by atomic mass is 9.94. The van der Waals surface area contributed by atoms with Crippen LogP contribution in [0, 0.1) is 11.8 Å². The van der Waals surface area contributed by atoms with E-state index in [1.54, 1.807) is 65.8 Å². The van der Waals surface area contributed by atoms with E-state index < -0.39 is 41.8 Å². The van der Waals surface area contributed by atoms with Crippen molar-refractivity contribution in [3.8, 4) is 0 Å². The van der Waals surface area contributed by atoms with Crippen LogP contribution in [0.1, 0.15) is 116 Å². The van der Waals surface area contributed by atoms with Gasteiger partial charge in [-0.15, -0.1) is 0 Å². The van der Waals surface area contributed by atoms with Gasteiger partial charge in [-0.1, -0.05) is 64.1 Å². The van der Waals surface area contributed by atoms with Gasteiger partial charge in [0.2, 0.25) is 35.4 Å². The molecule has 408 valence electrons. The molecule has 4 aromatic rings. The number of anilines is 4. The van der Waals surface area contributed by atoms with E-state index >= 15 is 0 Å². The van der Waals surface area contributed by atoms with E-state index in [2.05, 4.69) is 25.9 Å². The first-order valence-corrected chi connectivity index (χ1v) is 26.4. The average molecular weight is 1050 g/mol. The Bertz CT molecular complexity index is 2680. The number of aliphatic hydroxyl groups is 1. The summed E-state index contributed by atoms with van der Waals surface area (Å²) in [7, 11) is 0. The Morgan fingerprint density at radius 1 is 0.684 bits per heavy atom. The third kappa shape index (κ3) is 15.2. The molecule has 4 aliphatic rings. The Morgan fingerprint density at radius 2 is 1.13 bits per heavy atom. The molecule has 0 aliphatic carbocycles. The third-order valence-electron chi connectivity index (χ3n) is 12.9. The number of nitrogens with one attached hydrogen (secondary N) is 3. The molecule has 76 heavy (non-hydrogen) atoms. The van der Waals surface area contributed by atoms with Crippen LogP contribution < -0.4 is 41.3 Å². The van der Waals surface area contributed by atoms with Crippen molar-refractivity contribution in [1.82, 2.24) is 25.9 Å². The summed E-state index contributed by atoms with van der Waals surface area (Å²) < 4.78 is 5.37. The summed E-state index contributed by atoms with van der Waals surface area (Å²) in [5, 5.41) is 16.0. The number of nitrogens with zero attached hydrogens (tertiary/aromatic N) is 6. The number of hydrogen-bond donors (Lipinski definition) is 5. The van der Waals surface area contributed by atoms with E-state index in [1.807, 2.05) is 94.4 Å². The van der Waals surface area contributed by atoms with E-state index in [-0.39, 0.29) is 67.5 Å². The maximum Gasteiger partial charge on any atom is 0.408 e. The molecule has 6 heterocycles. The molecule has 2 fully saturated rings. The summed E-state index contributed by atoms with van der Waals surface area (Å²) >= 11 is 0. The first kappa shape index (κ1) is 58.0. The largest absolute Gasteiger partial charge is 0.444 e. The molecule has 0 bridgehead atoms. The Kier molecular flexibility index (Phi) is 20.2. The number of pyridine rings is 2. The number of fused-ring (bicyclic) bond motifs is 2. The fraction of sp³-hybridized carbons (Fsp3) is 0.491. The number of aromatic nitrogens is 2. The Morgan fingerprint density at radius 3 is 1.51 bits per heavy atom. The molecule has 6 N–H and O–H groups in total. The lowest BCUT2D eigenvalue weighted by molar-refractivity contribution is -0.129. The fourth-order valence-corrected chi connectivity index (χ4v) is 9.73. The molecular weight excluding hydrogens is 969 g/mol. The summed E-state index contributed by atoms with van der Waals surface area (Å²) in [5.41, 5.74) is 11.3. The molecule has 7 amide bonds. The molecule has 4 aliphatic heterocycles. The highest BCUT2D eigenvalue weighted by Crippen LogP contribution is 2.41. The first-order valence-electron chi connectivity index (χ1n) is 26.4. The number of aliphatic hydroxyl groups excluding tert-OH is 1. The summed E-state index contributed by atoms with van der Waals surface area (Å²) in [6.45, 7) is 16.8. The molecule has 19 nitrogen and oxygen atoms in total. The molecule has 2 aromatic heterocycles. The second-order valence-electron chi connectivity index (χ2n) is 21.3. The minimum absolute atomic E-state index is 0.0267. The van der Waals surface area contributed by atoms with Gasteiger partial charge >= 0.3 is 6.09 Å². The number of carbonyl (C=O) groups excluding carboxylic acids is 7. The standard InChI is InChI=1S/C30H39N5O5.C25H31N5O3.C2H6O/c1-19(2)16-22(33-29(39)40-30(3,4)5)27(37)32-23-17-20-10-8-12-24(34-15-9-13-25(34)36)26(20)35(28(23)38)18-21-11-6-7-14-31-21;1-16(2)13-19(26)24(32)28-20-14-17-7-5-9-21(29-12-6-10-22(29)31)23(17)30(25(20)33)15-18-8-3-4-11-27-18;1-2-3/h6-8,10-12,14,19,22-23H,9,13,15-18H2,1-5H3,(H,32,37)(H,33,39);3-5,7-9,11,16,19-20H,6,10,12-15,26H2,1-2H3,(H,28,32);3H,2H2,1H3/t22-,23?;19-,20?;/m11./s1. The number of para-hydroxylation sites is 2. The highest BCUT2D eigenvalue weighted by molar-refractivity contribution is 6.09. The number of rotatable bonds is 15. The van der Waals surface area contributed by atoms with E-state index in [1.165, 1.54) is 0 Å². The maximum atomic E-state index is 14.0. The van der Waals surface area contributed by atoms with Crippen LogP contribution in [0.5, 0.6) is 0 Å². The molecule has 2 aromatic carbocycles. The Hall–Kier alpha value is -7.25. The van der Waals surface area contributed by atoms with Crippen molar-refractivity contribution in [2.24, 2.45) is 17.6 Å². The number of nitrogens with two attached hydrogens (primary N) is 1. The van der Waals surface area contributed by atoms with Crippen molar-refractivity contribution in [3.63, 3.8) is 0 Å². The van der Waals surface area contributed by atoms with Gasteiger partial charge < -0.3 is 51.1 Å². The van der Waals surface area contributed by atoms with Crippen LogP contribution in [0.15, 0.2) is 85.2 Å². The topological polar surface area (TPSA) is 250 Å². The van der Waals surface area contributed by atoms with Crippen LogP contribution in [-0.4, -0.2) is 106 Å². The molecule has 2 saturated heterocycles. The maximum absolute atomic E-state index is 14.0. The van der Waals surface area contributed by atoms with Crippen molar-refractivity contribution in [2.45, 2.75) is 150 Å². The zero-order valence-electron chi connectivity index (χ0n) is 45.2. The molecule has 4 atom stereocenters. The molecule has 0 spiro atoms. The average Bonchev–Trinajstić information content (AvgIpc) is 4.03. The number of alkyl carbamates (subject to hydrolysis) is 1. The lowest BCUT2D eigenvalue weighted by Crippen LogP contribution is -2.57. The summed E-state index contributed by atoms with van der Waals surface area (Å²) in [5.74, 6) is -0.838. The molecule has 2 unspecified atom stereocenters. The smallest absolute Gasteiger partial charge is 0.408 e. The minimum atomic E-state index is -0.873. The predicted octanol–water partition coefficient (Wildman–Crippen LogP) is 5.88. The Balaban J connectivity index is 0.000000238. The fourth-order valence-electron chi connectivity index (χ4n) is 9.73. The van der Waals surface area contributed by atoms with Crippen LogP contribution in [-0.2, 0) is 59.4 Å². The van der Waals surface area contributed by atoms with Gasteiger partial charge in [-0.2, -0.15) is 0 Å². The monoisotopic (exact) mass is 1040 g/mol. The number of benzene rings is 2. The molecule has 8 rings (SSSR count). The van der Waals surface area contributed by atoms with Gasteiger partial charge in [0.05, 0.1) is 53.3 Å². The molecule has 0 radical (unpaired) electrons. The molecular formula is C57H76N10O9. The van der Waals surface area contributed by atoms with E-state index in [9.17, 15) is 33.6 Å². The van der Waals surface area contributed by atoms with Gasteiger partial charge in [0, 0.05) is 57.8 Å². The van der Waals surface area contributed by atoms with Crippen molar-refractivity contribution in [3.05, 3.63) is 108 Å². The van der Waals surface area contributed by atoms with E-state index in [0.717, 1.165) is 41.0 Å². The molecule has 0 saturated carbocycles. The second kappa shape index (κ2) is 26.5. The SMILES string of the molecule is CC(C)C[C@@H](N)C(=O)NC1Cc2cccc(N3CCCC3=O)c2N(Cc2ccccn2)C1=O.CC(C)C[C@@H](NC(=O)OC(C)(C)C)C(=O)NC1Cc2cccc(N3CCCC3=O)c2N(Cc2ccccn2)C1=O.CCO. The van der Waals surface area contributed by atoms with Gasteiger partial charge in [-0.3, -0.25) is 38.7 Å². The molecule has 19 heteroatoms. The number of carbonyl (C=O) groups is 7. The van der Waals surface area contributed by atoms with Crippen LogP contribution in [0.2, 0.25) is 0 Å². The summed E-state index contributed by atoms with van der Waals surface area (Å²) in [4.78, 5) is 107. The summed E-state index contributed by atoms with van der Waals surface area (Å²) in [6.07, 6.45) is 6.72. The van der Waals surface area contributed by atoms with Gasteiger partial charge in [-0.25, -0.2) is 4.79 Å². The third-order valence-corrected chi connectivity index (χ3v) is 12.9. The van der Waals surface area contributed by atoms with E-state index in [0.29, 0.717) is 62.3 Å². The van der Waals surface area contributed by atoms with Crippen molar-refractivity contribution in [1.29, 1.82) is 0 Å². The normalized spacial score (nSPS) is 18.0. The van der Waals surface area contributed by atoms with Gasteiger partial charge in [0.15, 0.2) is 0 Å². The quantitative estimate of drug-likeness (QED) is 0.0937. The van der Waals surface area contributed by atoms with Gasteiger partial charge in [-0.05, 0) is 113 Å². The zero-order chi connectivity index (χ0) is 55.3. The number of ether oxygens (including phenoxy) is 1. The highest BCUT2D eigenvalue weighted by Gasteiger charge is 2.41. The minimum Gasteiger partial charge on any atom is -0.444 e. The summed E-state index contributed by atoms with van der Waals surface area (Å²) in [6, 6.07) is 19.3. The van der Waals surface area contributed by atoms with Gasteiger partial charge in [0.1, 0.15) is 23.7 Å². The van der Waals surface area contributed by atoms with Crippen molar-refractivity contribution in [2.75, 3.05) is 39.3 Å². The highest BCUT2D eigenvalue weighted by atomic mass is 16.6. The van der Waals surface area contributed by atoms with Crippen molar-refractivity contribution < 1.29 is 43.4 Å². The van der Waals surface area contributed by atoms with Crippen molar-refractivity contribution >= 4 is 64.3 Å². The van der Waals surface area contributed by atoms with Gasteiger partial charge in [0.25, 0.3) is 0 Å². The lowest BCUT2D eigenvalue weighted by Gasteiger charge is -2.37. The number of hydrogen-bond acceptors (Lipinski definition) is 12. The predicted molar refractivity (Wildman–Crippen MR) is 291 cm³/mol. The van der Waals surface area contributed by atoms with Crippen LogP contribution in [0.25, 0.3) is 0 Å². The van der Waals surface area contributed by atoms with Crippen LogP contribution in [0.4, 0.5) is 27.5 Å². The van der Waals surface area contributed by atoms with Crippen LogP contribution >= 0.6 is 0 Å². The second-order valence-corrected chi connectivity index (χ2v) is 21.3. The van der Waals surface area contributed by atoms with Crippen LogP contribution in [0.3, 0.4) is 0 Å². The first-order chi connectivity index (χ1) is 36.2.